The van der Waals surface area contributed by atoms with Crippen molar-refractivity contribution >= 4 is 49.7 Å². The molecule has 5 aromatic rings. The summed E-state index contributed by atoms with van der Waals surface area (Å²) in [6.07, 6.45) is 4.22. The molecule has 0 aliphatic carbocycles. The third kappa shape index (κ3) is 3.87. The summed E-state index contributed by atoms with van der Waals surface area (Å²) in [5, 5.41) is 5.61. The maximum absolute atomic E-state index is 15.2. The Balaban J connectivity index is 1.55. The molecule has 0 saturated carbocycles. The van der Waals surface area contributed by atoms with Crippen molar-refractivity contribution in [1.29, 1.82) is 0 Å². The molecule has 4 aromatic heterocycles. The fraction of sp³-hybridized carbons (Fsp3) is 0. The smallest absolute Gasteiger partial charge is 0.262 e. The number of H-pyrrole nitrogens is 1. The highest BCUT2D eigenvalue weighted by Gasteiger charge is 2.22. The van der Waals surface area contributed by atoms with Gasteiger partial charge in [0.05, 0.1) is 16.9 Å². The van der Waals surface area contributed by atoms with Gasteiger partial charge < -0.3 is 10.3 Å². The molecule has 33 heavy (non-hydrogen) atoms. The third-order valence-corrected chi connectivity index (χ3v) is 6.86. The number of pyridine rings is 1. The molecular formula is C20H13F2N7O2S2. The van der Waals surface area contributed by atoms with Crippen LogP contribution in [0.3, 0.4) is 0 Å². The van der Waals surface area contributed by atoms with E-state index in [1.54, 1.807) is 17.5 Å². The summed E-state index contributed by atoms with van der Waals surface area (Å²) in [7, 11) is -4.04. The van der Waals surface area contributed by atoms with E-state index in [4.69, 9.17) is 0 Å². The largest absolute Gasteiger partial charge is 0.335 e. The monoisotopic (exact) mass is 485 g/mol. The third-order valence-electron chi connectivity index (χ3n) is 4.66. The molecule has 13 heteroatoms. The fourth-order valence-electron chi connectivity index (χ4n) is 3.13. The molecule has 0 unspecified atom stereocenters. The summed E-state index contributed by atoms with van der Waals surface area (Å²) in [5.74, 6) is -1.97. The van der Waals surface area contributed by atoms with Gasteiger partial charge in [-0.15, -0.1) is 0 Å². The lowest BCUT2D eigenvalue weighted by atomic mass is 10.1. The molecule has 5 rings (SSSR count). The second kappa shape index (κ2) is 8.18. The number of nitrogens with one attached hydrogen (secondary N) is 3. The average molecular weight is 486 g/mol. The van der Waals surface area contributed by atoms with Gasteiger partial charge in [-0.2, -0.15) is 11.3 Å². The summed E-state index contributed by atoms with van der Waals surface area (Å²) in [5.41, 5.74) is 0.753. The molecule has 0 aliphatic rings. The first kappa shape index (κ1) is 20.9. The molecule has 166 valence electrons. The van der Waals surface area contributed by atoms with Gasteiger partial charge in [0.25, 0.3) is 10.0 Å². The van der Waals surface area contributed by atoms with Crippen LogP contribution in [0, 0.1) is 11.6 Å². The maximum Gasteiger partial charge on any atom is 0.262 e. The highest BCUT2D eigenvalue weighted by atomic mass is 32.2. The number of aromatic amines is 1. The number of halogens is 2. The summed E-state index contributed by atoms with van der Waals surface area (Å²) < 4.78 is 57.0. The number of hydrogen-bond acceptors (Lipinski definition) is 8. The van der Waals surface area contributed by atoms with Gasteiger partial charge in [0.1, 0.15) is 34.9 Å². The minimum Gasteiger partial charge on any atom is -0.335 e. The van der Waals surface area contributed by atoms with E-state index in [1.165, 1.54) is 41.6 Å². The summed E-state index contributed by atoms with van der Waals surface area (Å²) in [4.78, 5) is 19.6. The van der Waals surface area contributed by atoms with Crippen LogP contribution < -0.4 is 10.0 Å². The van der Waals surface area contributed by atoms with E-state index >= 15 is 4.39 Å². The van der Waals surface area contributed by atoms with Gasteiger partial charge in [0.2, 0.25) is 0 Å². The highest BCUT2D eigenvalue weighted by molar-refractivity contribution is 7.92. The second-order valence-corrected chi connectivity index (χ2v) is 9.16. The zero-order valence-electron chi connectivity index (χ0n) is 16.5. The Morgan fingerprint density at radius 2 is 1.91 bits per heavy atom. The Hall–Kier alpha value is -3.97. The van der Waals surface area contributed by atoms with E-state index in [0.717, 1.165) is 12.1 Å². The first-order valence-corrected chi connectivity index (χ1v) is 11.8. The lowest BCUT2D eigenvalue weighted by molar-refractivity contribution is 0.588. The molecule has 0 atom stereocenters. The summed E-state index contributed by atoms with van der Waals surface area (Å²) >= 11 is 1.18. The van der Waals surface area contributed by atoms with Crippen LogP contribution >= 0.6 is 11.3 Å². The van der Waals surface area contributed by atoms with Crippen LogP contribution in [0.2, 0.25) is 0 Å². The molecule has 3 N–H and O–H groups in total. The van der Waals surface area contributed by atoms with E-state index in [9.17, 15) is 12.8 Å². The molecule has 0 saturated heterocycles. The van der Waals surface area contributed by atoms with Crippen molar-refractivity contribution in [2.45, 2.75) is 4.90 Å². The Morgan fingerprint density at radius 3 is 2.73 bits per heavy atom. The molecule has 0 aliphatic heterocycles. The van der Waals surface area contributed by atoms with Gasteiger partial charge in [-0.25, -0.2) is 37.1 Å². The number of hydrogen-bond donors (Lipinski definition) is 3. The van der Waals surface area contributed by atoms with Gasteiger partial charge >= 0.3 is 0 Å². The fourth-order valence-corrected chi connectivity index (χ4v) is 5.22. The second-order valence-electron chi connectivity index (χ2n) is 6.70. The van der Waals surface area contributed by atoms with E-state index in [0.29, 0.717) is 22.4 Å². The van der Waals surface area contributed by atoms with Gasteiger partial charge in [0, 0.05) is 17.1 Å². The van der Waals surface area contributed by atoms with Gasteiger partial charge in [-0.1, -0.05) is 0 Å². The topological polar surface area (TPSA) is 126 Å². The molecule has 9 nitrogen and oxygen atoms in total. The average Bonchev–Trinajstić information content (AvgIpc) is 3.51. The number of imidazole rings is 1. The predicted octanol–water partition coefficient (Wildman–Crippen LogP) is 4.30. The van der Waals surface area contributed by atoms with Gasteiger partial charge in [-0.05, 0) is 35.7 Å². The quantitative estimate of drug-likeness (QED) is 0.327. The molecule has 0 radical (unpaired) electrons. The SMILES string of the molecule is O=S(=O)(Nc1ccc(F)c(Nc2ncccc2-c2ncnc3[nH]cnc23)c1F)c1ccsc1. The molecule has 0 spiro atoms. The van der Waals surface area contributed by atoms with Crippen molar-refractivity contribution in [3.63, 3.8) is 0 Å². The van der Waals surface area contributed by atoms with Crippen LogP contribution in [0.1, 0.15) is 0 Å². The number of nitrogens with zero attached hydrogens (tertiary/aromatic N) is 4. The maximum atomic E-state index is 15.2. The van der Waals surface area contributed by atoms with Crippen molar-refractivity contribution in [2.75, 3.05) is 10.0 Å². The van der Waals surface area contributed by atoms with Crippen molar-refractivity contribution in [2.24, 2.45) is 0 Å². The first-order valence-electron chi connectivity index (χ1n) is 9.33. The Kier molecular flexibility index (Phi) is 5.18. The van der Waals surface area contributed by atoms with E-state index in [1.807, 2.05) is 0 Å². The Bertz CT molecular complexity index is 1570. The van der Waals surface area contributed by atoms with Crippen LogP contribution in [-0.4, -0.2) is 33.3 Å². The molecule has 4 heterocycles. The van der Waals surface area contributed by atoms with Crippen molar-refractivity contribution in [1.82, 2.24) is 24.9 Å². The van der Waals surface area contributed by atoms with Crippen LogP contribution in [0.25, 0.3) is 22.4 Å². The first-order chi connectivity index (χ1) is 15.9. The number of aromatic nitrogens is 5. The van der Waals surface area contributed by atoms with Gasteiger partial charge in [0.15, 0.2) is 11.5 Å². The van der Waals surface area contributed by atoms with Crippen LogP contribution in [0.5, 0.6) is 0 Å². The van der Waals surface area contributed by atoms with Crippen LogP contribution in [0.15, 0.2) is 64.8 Å². The molecule has 1 aromatic carbocycles. The number of fused-ring (bicyclic) bond motifs is 1. The minimum atomic E-state index is -4.04. The zero-order chi connectivity index (χ0) is 23.0. The lowest BCUT2D eigenvalue weighted by Gasteiger charge is -2.15. The van der Waals surface area contributed by atoms with Crippen molar-refractivity contribution in [3.05, 3.63) is 71.6 Å². The minimum absolute atomic E-state index is 0.0236. The summed E-state index contributed by atoms with van der Waals surface area (Å²) in [6, 6.07) is 6.64. The Morgan fingerprint density at radius 1 is 1.03 bits per heavy atom. The molecular weight excluding hydrogens is 472 g/mol. The van der Waals surface area contributed by atoms with Gasteiger partial charge in [-0.3, -0.25) is 4.72 Å². The van der Waals surface area contributed by atoms with E-state index in [2.05, 4.69) is 35.0 Å². The van der Waals surface area contributed by atoms with Crippen LogP contribution in [-0.2, 0) is 10.0 Å². The van der Waals surface area contributed by atoms with Crippen LogP contribution in [0.4, 0.5) is 26.0 Å². The van der Waals surface area contributed by atoms with Crippen molar-refractivity contribution < 1.29 is 17.2 Å². The van der Waals surface area contributed by atoms with Crippen molar-refractivity contribution in [3.8, 4) is 11.3 Å². The van der Waals surface area contributed by atoms with E-state index in [-0.39, 0.29) is 10.7 Å². The predicted molar refractivity (Wildman–Crippen MR) is 120 cm³/mol. The normalized spacial score (nSPS) is 11.6. The number of thiophene rings is 1. The standard InChI is InChI=1S/C20H13F2N7O2S2/c21-13-3-4-14(29-33(30,31)11-5-7-32-8-11)15(22)17(13)28-19-12(2-1-6-23-19)16-18-20(26-9-24-16)27-10-25-18/h1-10,29H,(H,23,28)(H,24,25,26,27). The number of rotatable bonds is 6. The zero-order valence-corrected chi connectivity index (χ0v) is 18.1. The number of sulfonamides is 1. The molecule has 0 bridgehead atoms. The lowest BCUT2D eigenvalue weighted by Crippen LogP contribution is -2.14. The molecule has 0 fully saturated rings. The molecule has 0 amide bonds. The Labute approximate surface area is 189 Å². The highest BCUT2D eigenvalue weighted by Crippen LogP contribution is 2.34. The number of anilines is 3. The van der Waals surface area contributed by atoms with E-state index < -0.39 is 33.0 Å². The number of benzene rings is 1. The summed E-state index contributed by atoms with van der Waals surface area (Å²) in [6.45, 7) is 0.